The van der Waals surface area contributed by atoms with E-state index < -0.39 is 0 Å². The van der Waals surface area contributed by atoms with Crippen LogP contribution in [0.3, 0.4) is 0 Å². The fourth-order valence-corrected chi connectivity index (χ4v) is 4.52. The number of rotatable bonds is 6. The molecule has 0 aliphatic carbocycles. The van der Waals surface area contributed by atoms with Crippen LogP contribution in [0, 0.1) is 0 Å². The Balaban J connectivity index is 1.92. The molecule has 2 nitrogen and oxygen atoms in total. The van der Waals surface area contributed by atoms with Gasteiger partial charge in [0.05, 0.1) is 12.4 Å². The van der Waals surface area contributed by atoms with Crippen molar-refractivity contribution < 1.29 is 4.74 Å². The lowest BCUT2D eigenvalue weighted by Gasteiger charge is -2.21. The summed E-state index contributed by atoms with van der Waals surface area (Å²) in [5, 5.41) is 1.37. The number of halogens is 2. The Kier molecular flexibility index (Phi) is 6.36. The van der Waals surface area contributed by atoms with Gasteiger partial charge in [0.15, 0.2) is 0 Å². The largest absolute Gasteiger partial charge is 0.497 e. The summed E-state index contributed by atoms with van der Waals surface area (Å²) in [6.45, 7) is 0. The Labute approximate surface area is 168 Å². The monoisotopic (exact) mass is 403 g/mol. The molecule has 0 spiro atoms. The van der Waals surface area contributed by atoms with Crippen LogP contribution in [0.1, 0.15) is 21.9 Å². The summed E-state index contributed by atoms with van der Waals surface area (Å²) >= 11 is 14.5. The summed E-state index contributed by atoms with van der Waals surface area (Å²) in [6, 6.07) is 21.5. The highest BCUT2D eigenvalue weighted by molar-refractivity contribution is 7.99. The zero-order valence-electron chi connectivity index (χ0n) is 14.3. The molecule has 0 aliphatic heterocycles. The summed E-state index contributed by atoms with van der Waals surface area (Å²) in [4.78, 5) is 0. The molecular formula is C21H19Cl2NOS. The van der Waals surface area contributed by atoms with Gasteiger partial charge in [-0.3, -0.25) is 0 Å². The predicted molar refractivity (Wildman–Crippen MR) is 113 cm³/mol. The van der Waals surface area contributed by atoms with Crippen LogP contribution in [0.25, 0.3) is 0 Å². The molecule has 0 fully saturated rings. The molecule has 26 heavy (non-hydrogen) atoms. The zero-order valence-corrected chi connectivity index (χ0v) is 16.6. The molecule has 3 rings (SSSR count). The topological polar surface area (TPSA) is 35.2 Å². The van der Waals surface area contributed by atoms with Gasteiger partial charge in [-0.05, 0) is 53.1 Å². The number of methoxy groups -OCH3 is 1. The van der Waals surface area contributed by atoms with Crippen LogP contribution >= 0.6 is 35.0 Å². The third-order valence-corrected chi connectivity index (χ3v) is 6.02. The number of hydrogen-bond donors (Lipinski definition) is 1. The van der Waals surface area contributed by atoms with Crippen molar-refractivity contribution in [3.8, 4) is 5.75 Å². The van der Waals surface area contributed by atoms with Crippen molar-refractivity contribution in [1.29, 1.82) is 0 Å². The molecule has 3 aromatic carbocycles. The first-order valence-corrected chi connectivity index (χ1v) is 9.93. The quantitative estimate of drug-likeness (QED) is 0.470. The first kappa shape index (κ1) is 19.0. The number of anilines is 1. The minimum Gasteiger partial charge on any atom is -0.497 e. The number of thioether (sulfide) groups is 1. The van der Waals surface area contributed by atoms with Gasteiger partial charge in [0, 0.05) is 21.5 Å². The van der Waals surface area contributed by atoms with Gasteiger partial charge in [0.1, 0.15) is 5.75 Å². The maximum absolute atomic E-state index is 6.48. The second-order valence-corrected chi connectivity index (χ2v) is 7.77. The zero-order chi connectivity index (χ0) is 18.5. The maximum Gasteiger partial charge on any atom is 0.118 e. The molecular weight excluding hydrogens is 385 g/mol. The van der Waals surface area contributed by atoms with Gasteiger partial charge in [-0.1, -0.05) is 53.5 Å². The molecule has 0 amide bonds. The van der Waals surface area contributed by atoms with Crippen LogP contribution in [0.5, 0.6) is 5.75 Å². The number of ether oxygens (including phenoxy) is 1. The summed E-state index contributed by atoms with van der Waals surface area (Å²) in [7, 11) is 1.67. The highest BCUT2D eigenvalue weighted by Gasteiger charge is 2.20. The molecule has 1 unspecified atom stereocenters. The van der Waals surface area contributed by atoms with Crippen molar-refractivity contribution >= 4 is 40.7 Å². The van der Waals surface area contributed by atoms with E-state index in [1.165, 1.54) is 5.56 Å². The van der Waals surface area contributed by atoms with E-state index in [1.54, 1.807) is 24.9 Å². The van der Waals surface area contributed by atoms with Gasteiger partial charge in [0.2, 0.25) is 0 Å². The van der Waals surface area contributed by atoms with Crippen LogP contribution in [0.2, 0.25) is 10.0 Å². The Morgan fingerprint density at radius 2 is 1.69 bits per heavy atom. The van der Waals surface area contributed by atoms with E-state index in [2.05, 4.69) is 12.1 Å². The Morgan fingerprint density at radius 1 is 0.962 bits per heavy atom. The van der Waals surface area contributed by atoms with Crippen molar-refractivity contribution in [2.75, 3.05) is 12.8 Å². The van der Waals surface area contributed by atoms with Gasteiger partial charge < -0.3 is 10.5 Å². The Hall–Kier alpha value is -1.81. The Bertz CT molecular complexity index is 883. The minimum absolute atomic E-state index is 0.00972. The molecule has 0 aliphatic rings. The predicted octanol–water partition coefficient (Wildman–Crippen LogP) is 6.61. The Morgan fingerprint density at radius 3 is 2.38 bits per heavy atom. The smallest absolute Gasteiger partial charge is 0.118 e. The summed E-state index contributed by atoms with van der Waals surface area (Å²) in [5.74, 6) is 1.66. The van der Waals surface area contributed by atoms with Crippen LogP contribution in [-0.2, 0) is 5.75 Å². The van der Waals surface area contributed by atoms with Crippen LogP contribution in [0.15, 0.2) is 66.7 Å². The van der Waals surface area contributed by atoms with Crippen molar-refractivity contribution in [2.45, 2.75) is 11.0 Å². The van der Waals surface area contributed by atoms with Gasteiger partial charge in [-0.2, -0.15) is 0 Å². The van der Waals surface area contributed by atoms with Crippen molar-refractivity contribution in [3.05, 3.63) is 93.5 Å². The van der Waals surface area contributed by atoms with E-state index in [0.717, 1.165) is 27.7 Å². The van der Waals surface area contributed by atoms with Gasteiger partial charge in [0.25, 0.3) is 0 Å². The average Bonchev–Trinajstić information content (AvgIpc) is 2.66. The second-order valence-electron chi connectivity index (χ2n) is 5.83. The number of benzene rings is 3. The van der Waals surface area contributed by atoms with Crippen LogP contribution < -0.4 is 10.5 Å². The lowest BCUT2D eigenvalue weighted by Crippen LogP contribution is -2.03. The van der Waals surface area contributed by atoms with E-state index in [-0.39, 0.29) is 5.25 Å². The van der Waals surface area contributed by atoms with Gasteiger partial charge in [-0.25, -0.2) is 0 Å². The molecule has 3 aromatic rings. The van der Waals surface area contributed by atoms with E-state index in [4.69, 9.17) is 33.7 Å². The van der Waals surface area contributed by atoms with Crippen LogP contribution in [0.4, 0.5) is 5.69 Å². The molecule has 0 saturated heterocycles. The highest BCUT2D eigenvalue weighted by atomic mass is 35.5. The standard InChI is InChI=1S/C21H19Cl2NOS/c1-25-16-9-6-14(7-10-16)13-26-21(17-4-2-3-5-19(17)23)18-12-15(22)8-11-20(18)24/h2-12,21H,13,24H2,1H3. The van der Waals surface area contributed by atoms with Gasteiger partial charge in [-0.15, -0.1) is 11.8 Å². The molecule has 0 radical (unpaired) electrons. The fraction of sp³-hybridized carbons (Fsp3) is 0.143. The van der Waals surface area contributed by atoms with Crippen molar-refractivity contribution in [2.24, 2.45) is 0 Å². The SMILES string of the molecule is COc1ccc(CSC(c2cc(Cl)ccc2N)c2ccccc2Cl)cc1. The number of hydrogen-bond acceptors (Lipinski definition) is 3. The summed E-state index contributed by atoms with van der Waals surface area (Å²) in [5.41, 5.74) is 10.2. The minimum atomic E-state index is -0.00972. The molecule has 5 heteroatoms. The molecule has 0 bridgehead atoms. The van der Waals surface area contributed by atoms with E-state index in [9.17, 15) is 0 Å². The summed E-state index contributed by atoms with van der Waals surface area (Å²) < 4.78 is 5.22. The number of nitrogen functional groups attached to an aromatic ring is 1. The molecule has 1 atom stereocenters. The molecule has 134 valence electrons. The van der Waals surface area contributed by atoms with Crippen molar-refractivity contribution in [1.82, 2.24) is 0 Å². The third-order valence-electron chi connectivity index (χ3n) is 4.09. The molecule has 2 N–H and O–H groups in total. The molecule has 0 aromatic heterocycles. The van der Waals surface area contributed by atoms with Crippen LogP contribution in [-0.4, -0.2) is 7.11 Å². The summed E-state index contributed by atoms with van der Waals surface area (Å²) in [6.07, 6.45) is 0. The lowest BCUT2D eigenvalue weighted by molar-refractivity contribution is 0.414. The highest BCUT2D eigenvalue weighted by Crippen LogP contribution is 2.43. The normalized spacial score (nSPS) is 12.0. The average molecular weight is 404 g/mol. The first-order valence-electron chi connectivity index (χ1n) is 8.12. The van der Waals surface area contributed by atoms with E-state index in [0.29, 0.717) is 10.7 Å². The van der Waals surface area contributed by atoms with E-state index in [1.807, 2.05) is 48.5 Å². The third kappa shape index (κ3) is 4.47. The second kappa shape index (κ2) is 8.72. The van der Waals surface area contributed by atoms with Gasteiger partial charge >= 0.3 is 0 Å². The first-order chi connectivity index (χ1) is 12.6. The lowest BCUT2D eigenvalue weighted by atomic mass is 10.0. The fourth-order valence-electron chi connectivity index (χ4n) is 2.71. The van der Waals surface area contributed by atoms with Crippen molar-refractivity contribution in [3.63, 3.8) is 0 Å². The van der Waals surface area contributed by atoms with E-state index >= 15 is 0 Å². The molecule has 0 heterocycles. The molecule has 0 saturated carbocycles. The number of nitrogens with two attached hydrogens (primary N) is 1. The maximum atomic E-state index is 6.48.